The topological polar surface area (TPSA) is 119 Å². The number of carbonyl (C=O) groups excluding carboxylic acids is 3. The first-order chi connectivity index (χ1) is 14.5. The van der Waals surface area contributed by atoms with Gasteiger partial charge in [-0.05, 0) is 49.6 Å². The number of ether oxygens (including phenoxy) is 1. The molecular formula is C20H21ClN2O6S2. The average molecular weight is 485 g/mol. The van der Waals surface area contributed by atoms with E-state index in [-0.39, 0.29) is 16.4 Å². The standard InChI is InChI=1S/C20H21ClN2O6S2/c1-12(23-31(27,28)16-7-5-15(21)6-8-16)20(26)29-11-18(25)14-4-9-19(30-3)17(10-14)22-13(2)24/h4-10,12,23H,11H2,1-3H3,(H,22,24)/t12-/m0/s1. The molecule has 0 spiro atoms. The van der Waals surface area contributed by atoms with Gasteiger partial charge in [0.1, 0.15) is 6.04 Å². The van der Waals surface area contributed by atoms with Crippen LogP contribution in [-0.2, 0) is 24.3 Å². The highest BCUT2D eigenvalue weighted by Crippen LogP contribution is 2.26. The number of ketones is 1. The van der Waals surface area contributed by atoms with Crippen LogP contribution in [0.25, 0.3) is 0 Å². The lowest BCUT2D eigenvalue weighted by Gasteiger charge is -2.14. The van der Waals surface area contributed by atoms with E-state index in [4.69, 9.17) is 16.3 Å². The fourth-order valence-corrected chi connectivity index (χ4v) is 4.33. The Kier molecular flexibility index (Phi) is 8.63. The van der Waals surface area contributed by atoms with Gasteiger partial charge >= 0.3 is 5.97 Å². The zero-order valence-corrected chi connectivity index (χ0v) is 19.4. The molecule has 0 aromatic heterocycles. The van der Waals surface area contributed by atoms with E-state index in [1.54, 1.807) is 12.1 Å². The molecule has 2 aromatic carbocycles. The third kappa shape index (κ3) is 7.06. The van der Waals surface area contributed by atoms with Crippen molar-refractivity contribution in [2.75, 3.05) is 18.2 Å². The number of hydrogen-bond acceptors (Lipinski definition) is 7. The lowest BCUT2D eigenvalue weighted by molar-refractivity contribution is -0.144. The Bertz CT molecular complexity index is 1090. The predicted molar refractivity (Wildman–Crippen MR) is 119 cm³/mol. The maximum Gasteiger partial charge on any atom is 0.324 e. The molecule has 0 aliphatic carbocycles. The van der Waals surface area contributed by atoms with Crippen LogP contribution in [0.15, 0.2) is 52.3 Å². The number of carbonyl (C=O) groups is 3. The van der Waals surface area contributed by atoms with Gasteiger partial charge in [0.25, 0.3) is 0 Å². The van der Waals surface area contributed by atoms with Gasteiger partial charge in [-0.2, -0.15) is 4.72 Å². The van der Waals surface area contributed by atoms with Crippen molar-refractivity contribution in [1.82, 2.24) is 4.72 Å². The van der Waals surface area contributed by atoms with Crippen molar-refractivity contribution in [2.45, 2.75) is 29.7 Å². The molecule has 2 aromatic rings. The summed E-state index contributed by atoms with van der Waals surface area (Å²) in [5, 5.41) is 3.02. The summed E-state index contributed by atoms with van der Waals surface area (Å²) in [5.74, 6) is -1.69. The van der Waals surface area contributed by atoms with Crippen LogP contribution in [-0.4, -0.2) is 45.0 Å². The minimum atomic E-state index is -3.97. The molecule has 0 radical (unpaired) electrons. The second kappa shape index (κ2) is 10.8. The zero-order valence-electron chi connectivity index (χ0n) is 17.0. The second-order valence-corrected chi connectivity index (χ2v) is 9.42. The largest absolute Gasteiger partial charge is 0.456 e. The molecule has 0 fully saturated rings. The molecule has 0 unspecified atom stereocenters. The summed E-state index contributed by atoms with van der Waals surface area (Å²) in [6.45, 7) is 2.08. The van der Waals surface area contributed by atoms with E-state index in [0.29, 0.717) is 10.7 Å². The number of nitrogens with one attached hydrogen (secondary N) is 2. The number of halogens is 1. The lowest BCUT2D eigenvalue weighted by atomic mass is 10.1. The molecule has 1 amide bonds. The highest BCUT2D eigenvalue weighted by molar-refractivity contribution is 7.98. The Morgan fingerprint density at radius 2 is 1.77 bits per heavy atom. The maximum atomic E-state index is 12.4. The normalized spacial score (nSPS) is 12.1. The summed E-state index contributed by atoms with van der Waals surface area (Å²) < 4.78 is 31.8. The van der Waals surface area contributed by atoms with Crippen LogP contribution in [0.2, 0.25) is 5.02 Å². The van der Waals surface area contributed by atoms with Crippen molar-refractivity contribution in [1.29, 1.82) is 0 Å². The van der Waals surface area contributed by atoms with Crippen LogP contribution in [0.5, 0.6) is 0 Å². The fraction of sp³-hybridized carbons (Fsp3) is 0.250. The lowest BCUT2D eigenvalue weighted by Crippen LogP contribution is -2.40. The molecular weight excluding hydrogens is 464 g/mol. The second-order valence-electron chi connectivity index (χ2n) is 6.42. The molecule has 11 heteroatoms. The first-order valence-electron chi connectivity index (χ1n) is 8.97. The SMILES string of the molecule is CSc1ccc(C(=O)COC(=O)[C@H](C)NS(=O)(=O)c2ccc(Cl)cc2)cc1NC(C)=O. The smallest absolute Gasteiger partial charge is 0.324 e. The minimum Gasteiger partial charge on any atom is -0.456 e. The Hall–Kier alpha value is -2.40. The third-order valence-electron chi connectivity index (χ3n) is 3.99. The van der Waals surface area contributed by atoms with Crippen LogP contribution < -0.4 is 10.0 Å². The molecule has 0 aliphatic heterocycles. The van der Waals surface area contributed by atoms with Crippen LogP contribution >= 0.6 is 23.4 Å². The Labute approximate surface area is 189 Å². The first-order valence-corrected chi connectivity index (χ1v) is 12.1. The Balaban J connectivity index is 2.00. The molecule has 166 valence electrons. The molecule has 2 rings (SSSR count). The van der Waals surface area contributed by atoms with E-state index in [1.165, 1.54) is 55.9 Å². The zero-order chi connectivity index (χ0) is 23.2. The van der Waals surface area contributed by atoms with Crippen LogP contribution in [0.3, 0.4) is 0 Å². The molecule has 0 saturated heterocycles. The van der Waals surface area contributed by atoms with Gasteiger partial charge in [0.05, 0.1) is 10.6 Å². The summed E-state index contributed by atoms with van der Waals surface area (Å²) in [4.78, 5) is 36.6. The maximum absolute atomic E-state index is 12.4. The van der Waals surface area contributed by atoms with Gasteiger partial charge in [-0.15, -0.1) is 11.8 Å². The van der Waals surface area contributed by atoms with Gasteiger partial charge in [-0.1, -0.05) is 17.7 Å². The molecule has 0 heterocycles. The summed E-state index contributed by atoms with van der Waals surface area (Å²) in [6.07, 6.45) is 1.83. The van der Waals surface area contributed by atoms with Gasteiger partial charge in [-0.25, -0.2) is 8.42 Å². The summed E-state index contributed by atoms with van der Waals surface area (Å²) >= 11 is 7.15. The summed E-state index contributed by atoms with van der Waals surface area (Å²) in [6, 6.07) is 8.94. The van der Waals surface area contributed by atoms with Crippen molar-refractivity contribution in [3.8, 4) is 0 Å². The van der Waals surface area contributed by atoms with Crippen molar-refractivity contribution in [3.63, 3.8) is 0 Å². The number of rotatable bonds is 9. The number of sulfonamides is 1. The van der Waals surface area contributed by atoms with E-state index in [2.05, 4.69) is 10.0 Å². The fourth-order valence-electron chi connectivity index (χ4n) is 2.48. The summed E-state index contributed by atoms with van der Waals surface area (Å²) in [7, 11) is -3.97. The minimum absolute atomic E-state index is 0.0630. The van der Waals surface area contributed by atoms with Gasteiger partial charge in [0.15, 0.2) is 12.4 Å². The van der Waals surface area contributed by atoms with Crippen LogP contribution in [0.4, 0.5) is 5.69 Å². The van der Waals surface area contributed by atoms with Crippen molar-refractivity contribution in [3.05, 3.63) is 53.1 Å². The van der Waals surface area contributed by atoms with E-state index in [9.17, 15) is 22.8 Å². The molecule has 0 saturated carbocycles. The number of hydrogen-bond donors (Lipinski definition) is 2. The highest BCUT2D eigenvalue weighted by atomic mass is 35.5. The molecule has 0 bridgehead atoms. The van der Waals surface area contributed by atoms with E-state index in [0.717, 1.165) is 4.90 Å². The quantitative estimate of drug-likeness (QED) is 0.319. The monoisotopic (exact) mass is 484 g/mol. The first kappa shape index (κ1) is 24.9. The number of thioether (sulfide) groups is 1. The van der Waals surface area contributed by atoms with Crippen molar-refractivity contribution in [2.24, 2.45) is 0 Å². The summed E-state index contributed by atoms with van der Waals surface area (Å²) in [5.41, 5.74) is 0.713. The Morgan fingerprint density at radius 3 is 2.35 bits per heavy atom. The van der Waals surface area contributed by atoms with Gasteiger partial charge in [-0.3, -0.25) is 14.4 Å². The number of benzene rings is 2. The van der Waals surface area contributed by atoms with Crippen LogP contribution in [0.1, 0.15) is 24.2 Å². The van der Waals surface area contributed by atoms with Crippen molar-refractivity contribution >= 4 is 56.7 Å². The van der Waals surface area contributed by atoms with E-state index in [1.807, 2.05) is 6.26 Å². The number of esters is 1. The van der Waals surface area contributed by atoms with Gasteiger partial charge in [0, 0.05) is 22.4 Å². The average Bonchev–Trinajstić information content (AvgIpc) is 2.71. The Morgan fingerprint density at radius 1 is 1.13 bits per heavy atom. The number of anilines is 1. The van der Waals surface area contributed by atoms with Gasteiger partial charge in [0.2, 0.25) is 15.9 Å². The van der Waals surface area contributed by atoms with E-state index >= 15 is 0 Å². The molecule has 2 N–H and O–H groups in total. The molecule has 1 atom stereocenters. The highest BCUT2D eigenvalue weighted by Gasteiger charge is 2.24. The van der Waals surface area contributed by atoms with E-state index < -0.39 is 34.4 Å². The molecule has 8 nitrogen and oxygen atoms in total. The van der Waals surface area contributed by atoms with Gasteiger partial charge < -0.3 is 10.1 Å². The van der Waals surface area contributed by atoms with Crippen molar-refractivity contribution < 1.29 is 27.5 Å². The number of Topliss-reactive ketones (excluding diaryl/α,β-unsaturated/α-hetero) is 1. The predicted octanol–water partition coefficient (Wildman–Crippen LogP) is 3.11. The molecule has 31 heavy (non-hydrogen) atoms. The molecule has 0 aliphatic rings. The third-order valence-corrected chi connectivity index (χ3v) is 6.59. The number of amides is 1. The van der Waals surface area contributed by atoms with Crippen LogP contribution in [0, 0.1) is 0 Å².